The van der Waals surface area contributed by atoms with Gasteiger partial charge < -0.3 is 29.9 Å². The number of imidazole rings is 1. The second-order valence-corrected chi connectivity index (χ2v) is 6.50. The fraction of sp³-hybridized carbons (Fsp3) is 0.455. The molecule has 0 saturated carbocycles. The second kappa shape index (κ2) is 5.92. The van der Waals surface area contributed by atoms with E-state index < -0.39 is 26.2 Å². The molecule has 2 heterocycles. The number of hydrogen-bond donors (Lipinski definition) is 4. The Morgan fingerprint density at radius 2 is 2.14 bits per heavy atom. The Hall–Kier alpha value is -1.55. The van der Waals surface area contributed by atoms with Gasteiger partial charge in [0.1, 0.15) is 24.7 Å². The maximum absolute atomic E-state index is 10.1. The highest BCUT2D eigenvalue weighted by atomic mass is 31.2. The van der Waals surface area contributed by atoms with Crippen molar-refractivity contribution in [1.82, 2.24) is 19.5 Å². The van der Waals surface area contributed by atoms with Crippen LogP contribution in [0.1, 0.15) is 20.1 Å². The van der Waals surface area contributed by atoms with Crippen LogP contribution in [0.4, 0.5) is 5.82 Å². The first-order valence-corrected chi connectivity index (χ1v) is 8.05. The summed E-state index contributed by atoms with van der Waals surface area (Å²) in [6.45, 7) is 2.51. The van der Waals surface area contributed by atoms with Crippen LogP contribution >= 0.6 is 7.57 Å². The van der Waals surface area contributed by atoms with Gasteiger partial charge in [-0.05, 0) is 20.1 Å². The van der Waals surface area contributed by atoms with Gasteiger partial charge in [-0.15, -0.1) is 0 Å². The monoisotopic (exact) mass is 331 g/mol. The lowest BCUT2D eigenvalue weighted by Gasteiger charge is -2.28. The predicted octanol–water partition coefficient (Wildman–Crippen LogP) is -0.152. The van der Waals surface area contributed by atoms with E-state index in [0.29, 0.717) is 11.2 Å². The minimum absolute atomic E-state index is 0.234. The quantitative estimate of drug-likeness (QED) is 0.418. The maximum atomic E-state index is 10.1. The summed E-state index contributed by atoms with van der Waals surface area (Å²) in [5.74, 6) is -1.54. The average Bonchev–Trinajstić information content (AvgIpc) is 2.81. The highest BCUT2D eigenvalue weighted by molar-refractivity contribution is 7.57. The van der Waals surface area contributed by atoms with Crippen molar-refractivity contribution in [2.24, 2.45) is 0 Å². The van der Waals surface area contributed by atoms with E-state index >= 15 is 0 Å². The van der Waals surface area contributed by atoms with Gasteiger partial charge in [0.15, 0.2) is 17.3 Å². The highest BCUT2D eigenvalue weighted by Gasteiger charge is 2.28. The molecule has 2 aromatic rings. The zero-order valence-corrected chi connectivity index (χ0v) is 13.0. The number of nitrogen functional groups attached to an aromatic ring is 1. The fourth-order valence-corrected chi connectivity index (χ4v) is 2.26. The summed E-state index contributed by atoms with van der Waals surface area (Å²) in [7, 11) is -3.71. The Balaban J connectivity index is 2.15. The lowest BCUT2D eigenvalue weighted by molar-refractivity contribution is -0.245. The van der Waals surface area contributed by atoms with E-state index in [1.165, 1.54) is 19.6 Å². The number of nitrogens with two attached hydrogens (primary N) is 1. The van der Waals surface area contributed by atoms with Crippen molar-refractivity contribution in [3.8, 4) is 0 Å². The molecular formula is C11H18N5O5P. The largest absolute Gasteiger partial charge is 0.382 e. The molecule has 22 heavy (non-hydrogen) atoms. The normalized spacial score (nSPS) is 16.6. The summed E-state index contributed by atoms with van der Waals surface area (Å²) in [5, 5.41) is 10.1. The van der Waals surface area contributed by atoms with Crippen LogP contribution in [0.15, 0.2) is 12.7 Å². The minimum Gasteiger partial charge on any atom is -0.382 e. The first-order chi connectivity index (χ1) is 10.1. The summed E-state index contributed by atoms with van der Waals surface area (Å²) in [6, 6.07) is 0. The van der Waals surface area contributed by atoms with Gasteiger partial charge in [0.2, 0.25) is 7.57 Å². The highest BCUT2D eigenvalue weighted by Crippen LogP contribution is 2.36. The van der Waals surface area contributed by atoms with Gasteiger partial charge in [0.05, 0.1) is 6.33 Å². The number of aromatic nitrogens is 4. The zero-order valence-electron chi connectivity index (χ0n) is 12.1. The Labute approximate surface area is 126 Å². The molecule has 0 aliphatic heterocycles. The van der Waals surface area contributed by atoms with E-state index in [1.54, 1.807) is 11.5 Å². The third-order valence-electron chi connectivity index (χ3n) is 2.74. The van der Waals surface area contributed by atoms with Crippen molar-refractivity contribution in [3.63, 3.8) is 0 Å². The number of rotatable bonds is 6. The first-order valence-electron chi connectivity index (χ1n) is 6.26. The van der Waals surface area contributed by atoms with Crippen molar-refractivity contribution in [2.45, 2.75) is 25.9 Å². The summed E-state index contributed by atoms with van der Waals surface area (Å²) >= 11 is 0. The molecule has 0 radical (unpaired) electrons. The van der Waals surface area contributed by atoms with Crippen molar-refractivity contribution in [2.75, 3.05) is 12.3 Å². The van der Waals surface area contributed by atoms with Crippen LogP contribution in [0.5, 0.6) is 0 Å². The molecule has 10 nitrogen and oxygen atoms in total. The van der Waals surface area contributed by atoms with Crippen molar-refractivity contribution in [3.05, 3.63) is 12.7 Å². The van der Waals surface area contributed by atoms with Gasteiger partial charge >= 0.3 is 0 Å². The SMILES string of the molecule is C=P(O)(O)OC[C@](C)(O)O[C@H](C)n1cnc2c(N)ncnc21. The Kier molecular flexibility index (Phi) is 4.52. The lowest BCUT2D eigenvalue weighted by atomic mass is 10.3. The molecule has 0 fully saturated rings. The molecule has 11 heteroatoms. The van der Waals surface area contributed by atoms with Crippen molar-refractivity contribution in [1.29, 1.82) is 0 Å². The molecule has 0 spiro atoms. The van der Waals surface area contributed by atoms with E-state index in [9.17, 15) is 5.11 Å². The Morgan fingerprint density at radius 3 is 2.77 bits per heavy atom. The smallest absolute Gasteiger partial charge is 0.245 e. The number of ether oxygens (including phenoxy) is 1. The van der Waals surface area contributed by atoms with E-state index in [4.69, 9.17) is 20.3 Å². The van der Waals surface area contributed by atoms with Crippen molar-refractivity contribution < 1.29 is 24.2 Å². The van der Waals surface area contributed by atoms with Crippen LogP contribution in [0.3, 0.4) is 0 Å². The zero-order chi connectivity index (χ0) is 16.5. The molecule has 0 bridgehead atoms. The minimum atomic E-state index is -3.71. The third kappa shape index (κ3) is 4.01. The van der Waals surface area contributed by atoms with Crippen LogP contribution < -0.4 is 5.73 Å². The Morgan fingerprint density at radius 1 is 1.45 bits per heavy atom. The van der Waals surface area contributed by atoms with Crippen molar-refractivity contribution >= 4 is 30.8 Å². The molecule has 0 unspecified atom stereocenters. The van der Waals surface area contributed by atoms with Crippen LogP contribution in [-0.2, 0) is 9.26 Å². The standard InChI is InChI=1S/C11H18N5O5P/c1-7(21-11(2,17)4-20-22(3,18)19)16-6-15-8-9(12)13-5-14-10(8)16/h5-7,17-19H,3-4H2,1-2H3,(H2,12,13,14)/t7-,11-/m1/s1. The molecule has 0 aliphatic rings. The van der Waals surface area contributed by atoms with E-state index in [0.717, 1.165) is 0 Å². The topological polar surface area (TPSA) is 149 Å². The number of aliphatic hydroxyl groups is 1. The molecular weight excluding hydrogens is 313 g/mol. The van der Waals surface area contributed by atoms with Gasteiger partial charge in [-0.3, -0.25) is 4.57 Å². The van der Waals surface area contributed by atoms with Crippen LogP contribution in [0.25, 0.3) is 11.2 Å². The van der Waals surface area contributed by atoms with Crippen LogP contribution in [0, 0.1) is 0 Å². The third-order valence-corrected chi connectivity index (χ3v) is 3.28. The van der Waals surface area contributed by atoms with Gasteiger partial charge in [0, 0.05) is 0 Å². The molecule has 0 saturated heterocycles. The molecule has 2 aromatic heterocycles. The Bertz CT molecular complexity index is 712. The van der Waals surface area contributed by atoms with Crippen LogP contribution in [-0.4, -0.2) is 53.1 Å². The second-order valence-electron chi connectivity index (χ2n) is 4.91. The van der Waals surface area contributed by atoms with Gasteiger partial charge in [-0.1, -0.05) is 0 Å². The molecule has 2 rings (SSSR count). The number of hydrogen-bond acceptors (Lipinski definition) is 9. The summed E-state index contributed by atoms with van der Waals surface area (Å²) in [5.41, 5.74) is 6.56. The lowest BCUT2D eigenvalue weighted by Crippen LogP contribution is -2.36. The summed E-state index contributed by atoms with van der Waals surface area (Å²) < 4.78 is 11.7. The van der Waals surface area contributed by atoms with Gasteiger partial charge in [-0.25, -0.2) is 15.0 Å². The van der Waals surface area contributed by atoms with E-state index in [1.807, 2.05) is 0 Å². The number of nitrogens with zero attached hydrogens (tertiary/aromatic N) is 4. The summed E-state index contributed by atoms with van der Waals surface area (Å²) in [6.07, 6.45) is 5.11. The van der Waals surface area contributed by atoms with E-state index in [2.05, 4.69) is 25.8 Å². The van der Waals surface area contributed by atoms with Crippen LogP contribution in [0.2, 0.25) is 0 Å². The molecule has 0 amide bonds. The molecule has 0 aliphatic carbocycles. The molecule has 2 atom stereocenters. The number of anilines is 1. The fourth-order valence-electron chi connectivity index (χ4n) is 1.82. The first kappa shape index (κ1) is 16.8. The maximum Gasteiger partial charge on any atom is 0.245 e. The van der Waals surface area contributed by atoms with E-state index in [-0.39, 0.29) is 5.82 Å². The average molecular weight is 331 g/mol. The molecule has 122 valence electrons. The van der Waals surface area contributed by atoms with Gasteiger partial charge in [-0.2, -0.15) is 0 Å². The predicted molar refractivity (Wildman–Crippen MR) is 80.6 cm³/mol. The van der Waals surface area contributed by atoms with Gasteiger partial charge in [0.25, 0.3) is 0 Å². The summed E-state index contributed by atoms with van der Waals surface area (Å²) in [4.78, 5) is 30.2. The number of fused-ring (bicyclic) bond motifs is 1. The molecule has 5 N–H and O–H groups in total. The molecule has 0 aromatic carbocycles.